The number of hydrogen-bond donors (Lipinski definition) is 5. The zero-order chi connectivity index (χ0) is 41.9. The van der Waals surface area contributed by atoms with Gasteiger partial charge in [-0.1, -0.05) is 121 Å². The summed E-state index contributed by atoms with van der Waals surface area (Å²) in [5.41, 5.74) is 22.7. The van der Waals surface area contributed by atoms with Crippen molar-refractivity contribution in [2.45, 2.75) is 39.5 Å². The van der Waals surface area contributed by atoms with E-state index in [1.165, 1.54) is 6.92 Å². The van der Waals surface area contributed by atoms with Crippen molar-refractivity contribution in [3.63, 3.8) is 0 Å². The number of rotatable bonds is 13. The van der Waals surface area contributed by atoms with Crippen LogP contribution >= 0.6 is 0 Å². The van der Waals surface area contributed by atoms with Gasteiger partial charge in [-0.2, -0.15) is 0 Å². The largest absolute Gasteiger partial charge is 0.370 e. The maximum Gasteiger partial charge on any atom is 0.319 e. The summed E-state index contributed by atoms with van der Waals surface area (Å²) in [4.78, 5) is 53.9. The van der Waals surface area contributed by atoms with Crippen LogP contribution in [0, 0.1) is 0 Å². The molecule has 0 unspecified atom stereocenters. The first-order chi connectivity index (χ1) is 28.1. The highest BCUT2D eigenvalue weighted by atomic mass is 16.2. The summed E-state index contributed by atoms with van der Waals surface area (Å²) >= 11 is 0. The SMILES string of the molecule is C=O.CC(=O)Nc1cccc(-c2ccc(-c3ccccc3)cc2CCC(N)=O)c1.CCNC(=O)Nc1cccc(-c2ccc(-c3ccccc3)cc2CCC(N)=O)c1. The second-order valence-electron chi connectivity index (χ2n) is 13.2. The Labute approximate surface area is 339 Å². The summed E-state index contributed by atoms with van der Waals surface area (Å²) in [6.07, 6.45) is 1.69. The maximum atomic E-state index is 11.8. The Kier molecular flexibility index (Phi) is 16.7. The van der Waals surface area contributed by atoms with Crippen LogP contribution in [0.4, 0.5) is 16.2 Å². The van der Waals surface area contributed by atoms with E-state index in [-0.39, 0.29) is 36.6 Å². The molecule has 0 heterocycles. The second kappa shape index (κ2) is 22.3. The molecule has 6 aromatic rings. The molecule has 296 valence electrons. The molecule has 0 atom stereocenters. The van der Waals surface area contributed by atoms with Gasteiger partial charge in [0.1, 0.15) is 6.79 Å². The first-order valence-corrected chi connectivity index (χ1v) is 18.8. The van der Waals surface area contributed by atoms with Crippen LogP contribution < -0.4 is 27.4 Å². The molecule has 0 aliphatic carbocycles. The van der Waals surface area contributed by atoms with Gasteiger partial charge in [0.15, 0.2) is 0 Å². The summed E-state index contributed by atoms with van der Waals surface area (Å²) < 4.78 is 0. The lowest BCUT2D eigenvalue weighted by Gasteiger charge is -2.14. The molecule has 0 saturated carbocycles. The minimum absolute atomic E-state index is 0.111. The Morgan fingerprint density at radius 1 is 0.500 bits per heavy atom. The monoisotopic (exact) mass is 775 g/mol. The van der Waals surface area contributed by atoms with Crippen LogP contribution in [0.2, 0.25) is 0 Å². The topological polar surface area (TPSA) is 173 Å². The van der Waals surface area contributed by atoms with E-state index in [4.69, 9.17) is 16.3 Å². The number of nitrogens with one attached hydrogen (secondary N) is 3. The highest BCUT2D eigenvalue weighted by Gasteiger charge is 2.12. The van der Waals surface area contributed by atoms with Crippen molar-refractivity contribution >= 4 is 41.9 Å². The van der Waals surface area contributed by atoms with E-state index in [0.29, 0.717) is 25.1 Å². The molecular formula is C48H49N5O5. The van der Waals surface area contributed by atoms with Crippen LogP contribution in [0.3, 0.4) is 0 Å². The molecule has 10 nitrogen and oxygen atoms in total. The first kappa shape index (κ1) is 43.4. The Balaban J connectivity index is 0.000000247. The van der Waals surface area contributed by atoms with Gasteiger partial charge in [0, 0.05) is 37.7 Å². The predicted octanol–water partition coefficient (Wildman–Crippen LogP) is 8.79. The highest BCUT2D eigenvalue weighted by molar-refractivity contribution is 5.91. The number of nitrogens with two attached hydrogens (primary N) is 2. The van der Waals surface area contributed by atoms with E-state index in [1.807, 2.05) is 98.6 Å². The van der Waals surface area contributed by atoms with Crippen LogP contribution in [0.5, 0.6) is 0 Å². The van der Waals surface area contributed by atoms with E-state index in [0.717, 1.165) is 61.3 Å². The molecule has 0 saturated heterocycles. The molecule has 0 aromatic heterocycles. The lowest BCUT2D eigenvalue weighted by molar-refractivity contribution is -0.118. The fourth-order valence-electron chi connectivity index (χ4n) is 6.37. The average Bonchev–Trinajstić information content (AvgIpc) is 3.23. The molecule has 0 fully saturated rings. The van der Waals surface area contributed by atoms with Crippen LogP contribution in [0.1, 0.15) is 37.8 Å². The van der Waals surface area contributed by atoms with Crippen molar-refractivity contribution in [2.24, 2.45) is 11.5 Å². The van der Waals surface area contributed by atoms with Crippen molar-refractivity contribution in [1.29, 1.82) is 0 Å². The molecule has 0 aliphatic heterocycles. The van der Waals surface area contributed by atoms with E-state index >= 15 is 0 Å². The molecule has 6 aromatic carbocycles. The molecule has 0 bridgehead atoms. The summed E-state index contributed by atoms with van der Waals surface area (Å²) in [5, 5.41) is 8.37. The quantitative estimate of drug-likeness (QED) is 0.0787. The van der Waals surface area contributed by atoms with Crippen molar-refractivity contribution in [3.05, 3.63) is 157 Å². The molecule has 5 amide bonds. The number of hydrogen-bond acceptors (Lipinski definition) is 5. The molecule has 0 aliphatic rings. The number of aryl methyl sites for hydroxylation is 2. The molecule has 6 rings (SSSR count). The minimum atomic E-state index is -0.326. The Bertz CT molecular complexity index is 2310. The van der Waals surface area contributed by atoms with E-state index < -0.39 is 0 Å². The average molecular weight is 776 g/mol. The van der Waals surface area contributed by atoms with Crippen molar-refractivity contribution in [3.8, 4) is 44.5 Å². The van der Waals surface area contributed by atoms with Crippen molar-refractivity contribution in [1.82, 2.24) is 5.32 Å². The third-order valence-electron chi connectivity index (χ3n) is 8.97. The number of carbonyl (C=O) groups is 5. The highest BCUT2D eigenvalue weighted by Crippen LogP contribution is 2.33. The number of benzene rings is 6. The smallest absolute Gasteiger partial charge is 0.319 e. The summed E-state index contributed by atoms with van der Waals surface area (Å²) in [6, 6.07) is 47.8. The number of carbonyl (C=O) groups excluding carboxylic acids is 5. The molecule has 10 heteroatoms. The third kappa shape index (κ3) is 13.2. The zero-order valence-corrected chi connectivity index (χ0v) is 32.8. The van der Waals surface area contributed by atoms with Crippen LogP contribution in [-0.2, 0) is 32.0 Å². The van der Waals surface area contributed by atoms with E-state index in [9.17, 15) is 19.2 Å². The number of primary amides is 2. The Morgan fingerprint density at radius 2 is 0.914 bits per heavy atom. The molecule has 0 radical (unpaired) electrons. The number of urea groups is 1. The standard InChI is InChI=1S/C24H25N3O2.C23H22N2O2.CH2O/c1-2-26-24(29)27-21-10-6-9-19(16-21)22-13-11-18(17-7-4-3-5-8-17)15-20(22)12-14-23(25)28;1-16(26)25-21-9-5-8-19(15-21)22-12-10-18(17-6-3-2-4-7-17)14-20(22)11-13-23(24)27;1-2/h3-11,13,15-16H,2,12,14H2,1H3,(H2,25,28)(H2,26,27,29);2-10,12,14-15H,11,13H2,1H3,(H2,24,27)(H,25,26);1H2. The lowest BCUT2D eigenvalue weighted by Crippen LogP contribution is -2.28. The summed E-state index contributed by atoms with van der Waals surface area (Å²) in [5.74, 6) is -0.758. The maximum absolute atomic E-state index is 11.8. The molecule has 58 heavy (non-hydrogen) atoms. The van der Waals surface area contributed by atoms with Gasteiger partial charge in [-0.25, -0.2) is 4.79 Å². The summed E-state index contributed by atoms with van der Waals surface area (Å²) in [7, 11) is 0. The first-order valence-electron chi connectivity index (χ1n) is 18.8. The third-order valence-corrected chi connectivity index (χ3v) is 8.97. The zero-order valence-electron chi connectivity index (χ0n) is 32.8. The fourth-order valence-corrected chi connectivity index (χ4v) is 6.37. The fraction of sp³-hybridized carbons (Fsp3) is 0.146. The van der Waals surface area contributed by atoms with Crippen molar-refractivity contribution < 1.29 is 24.0 Å². The van der Waals surface area contributed by atoms with E-state index in [2.05, 4.69) is 76.6 Å². The van der Waals surface area contributed by atoms with Gasteiger partial charge in [0.2, 0.25) is 17.7 Å². The van der Waals surface area contributed by atoms with Crippen molar-refractivity contribution in [2.75, 3.05) is 17.2 Å². The van der Waals surface area contributed by atoms with Gasteiger partial charge in [0.25, 0.3) is 0 Å². The minimum Gasteiger partial charge on any atom is -0.370 e. The summed E-state index contributed by atoms with van der Waals surface area (Å²) in [6.45, 7) is 5.92. The van der Waals surface area contributed by atoms with Crippen LogP contribution in [-0.4, -0.2) is 37.1 Å². The molecule has 7 N–H and O–H groups in total. The van der Waals surface area contributed by atoms with E-state index in [1.54, 1.807) is 0 Å². The number of anilines is 2. The second-order valence-corrected chi connectivity index (χ2v) is 13.2. The normalized spacial score (nSPS) is 10.1. The molecule has 0 spiro atoms. The van der Waals surface area contributed by atoms with Gasteiger partial charge in [-0.15, -0.1) is 0 Å². The number of amides is 5. The van der Waals surface area contributed by atoms with Gasteiger partial charge in [-0.3, -0.25) is 14.4 Å². The van der Waals surface area contributed by atoms with Crippen LogP contribution in [0.25, 0.3) is 44.5 Å². The molecular weight excluding hydrogens is 727 g/mol. The predicted molar refractivity (Wildman–Crippen MR) is 234 cm³/mol. The van der Waals surface area contributed by atoms with Gasteiger partial charge < -0.3 is 32.2 Å². The van der Waals surface area contributed by atoms with Crippen LogP contribution in [0.15, 0.2) is 146 Å². The van der Waals surface area contributed by atoms with Gasteiger partial charge >= 0.3 is 6.03 Å². The Morgan fingerprint density at radius 3 is 1.31 bits per heavy atom. The lowest BCUT2D eigenvalue weighted by atomic mass is 9.92. The van der Waals surface area contributed by atoms with Gasteiger partial charge in [0.05, 0.1) is 0 Å². The van der Waals surface area contributed by atoms with Gasteiger partial charge in [-0.05, 0) is 99.7 Å². The Hall–Kier alpha value is -7.33.